The van der Waals surface area contributed by atoms with Crippen LogP contribution in [-0.2, 0) is 16.1 Å². The zero-order chi connectivity index (χ0) is 14.5. The number of nitrogens with zero attached hydrogens (tertiary/aromatic N) is 1. The summed E-state index contributed by atoms with van der Waals surface area (Å²) in [5.41, 5.74) is -0.0839. The maximum Gasteiger partial charge on any atom is 0.242 e. The van der Waals surface area contributed by atoms with E-state index in [1.807, 2.05) is 0 Å². The summed E-state index contributed by atoms with van der Waals surface area (Å²) in [6.45, 7) is 3.53. The summed E-state index contributed by atoms with van der Waals surface area (Å²) < 4.78 is 32.5. The number of nitrogens with one attached hydrogen (secondary N) is 1. The fourth-order valence-corrected chi connectivity index (χ4v) is 2.16. The van der Waals surface area contributed by atoms with Gasteiger partial charge >= 0.3 is 0 Å². The second-order valence-electron chi connectivity index (χ2n) is 4.63. The van der Waals surface area contributed by atoms with E-state index in [0.29, 0.717) is 19.7 Å². The lowest BCUT2D eigenvalue weighted by molar-refractivity contribution is -0.136. The standard InChI is InChI=1S/C14H18F2N2O2/c1-2-18(14(19)13-9-20-7-6-17-13)8-10-11(15)4-3-5-12(10)16/h3-5,13,17H,2,6-9H2,1H3/t13-/m1/s1. The van der Waals surface area contributed by atoms with E-state index >= 15 is 0 Å². The van der Waals surface area contributed by atoms with Crippen LogP contribution in [0.3, 0.4) is 0 Å². The van der Waals surface area contributed by atoms with E-state index in [-0.39, 0.29) is 24.6 Å². The van der Waals surface area contributed by atoms with Crippen molar-refractivity contribution in [3.8, 4) is 0 Å². The van der Waals surface area contributed by atoms with E-state index in [1.165, 1.54) is 23.1 Å². The maximum atomic E-state index is 13.6. The molecule has 0 aromatic heterocycles. The minimum atomic E-state index is -0.635. The Labute approximate surface area is 116 Å². The second-order valence-corrected chi connectivity index (χ2v) is 4.63. The number of halogens is 2. The molecule has 1 N–H and O–H groups in total. The molecular weight excluding hydrogens is 266 g/mol. The molecule has 0 unspecified atom stereocenters. The van der Waals surface area contributed by atoms with Gasteiger partial charge in [0.15, 0.2) is 0 Å². The highest BCUT2D eigenvalue weighted by Gasteiger charge is 2.26. The summed E-state index contributed by atoms with van der Waals surface area (Å²) in [5.74, 6) is -1.47. The van der Waals surface area contributed by atoms with Crippen LogP contribution in [0.1, 0.15) is 12.5 Å². The quantitative estimate of drug-likeness (QED) is 0.906. The van der Waals surface area contributed by atoms with E-state index in [2.05, 4.69) is 5.32 Å². The van der Waals surface area contributed by atoms with Gasteiger partial charge in [0.25, 0.3) is 0 Å². The highest BCUT2D eigenvalue weighted by molar-refractivity contribution is 5.82. The minimum Gasteiger partial charge on any atom is -0.378 e. The third-order valence-corrected chi connectivity index (χ3v) is 3.32. The predicted octanol–water partition coefficient (Wildman–Crippen LogP) is 1.30. The zero-order valence-corrected chi connectivity index (χ0v) is 11.4. The molecule has 6 heteroatoms. The van der Waals surface area contributed by atoms with Gasteiger partial charge in [0.2, 0.25) is 5.91 Å². The highest BCUT2D eigenvalue weighted by atomic mass is 19.1. The van der Waals surface area contributed by atoms with Gasteiger partial charge in [0.1, 0.15) is 17.7 Å². The van der Waals surface area contributed by atoms with E-state index < -0.39 is 17.7 Å². The molecule has 0 saturated carbocycles. The summed E-state index contributed by atoms with van der Waals surface area (Å²) in [6.07, 6.45) is 0. The summed E-state index contributed by atoms with van der Waals surface area (Å²) in [6, 6.07) is 3.25. The van der Waals surface area contributed by atoms with Crippen LogP contribution >= 0.6 is 0 Å². The average Bonchev–Trinajstić information content (AvgIpc) is 2.47. The van der Waals surface area contributed by atoms with Crippen LogP contribution in [0.5, 0.6) is 0 Å². The molecule has 2 rings (SSSR count). The highest BCUT2D eigenvalue weighted by Crippen LogP contribution is 2.15. The molecule has 1 amide bonds. The SMILES string of the molecule is CCN(Cc1c(F)cccc1F)C(=O)[C@H]1COCCN1. The zero-order valence-electron chi connectivity index (χ0n) is 11.4. The molecule has 0 aliphatic carbocycles. The van der Waals surface area contributed by atoms with Crippen LogP contribution in [0, 0.1) is 11.6 Å². The van der Waals surface area contributed by atoms with Crippen molar-refractivity contribution in [1.82, 2.24) is 10.2 Å². The number of hydrogen-bond acceptors (Lipinski definition) is 3. The van der Waals surface area contributed by atoms with Gasteiger partial charge in [-0.3, -0.25) is 4.79 Å². The van der Waals surface area contributed by atoms with Gasteiger partial charge in [0, 0.05) is 18.7 Å². The minimum absolute atomic E-state index is 0.0774. The van der Waals surface area contributed by atoms with Crippen LogP contribution in [0.25, 0.3) is 0 Å². The van der Waals surface area contributed by atoms with Crippen LogP contribution in [0.4, 0.5) is 8.78 Å². The number of hydrogen-bond donors (Lipinski definition) is 1. The fraction of sp³-hybridized carbons (Fsp3) is 0.500. The van der Waals surface area contributed by atoms with Crippen LogP contribution in [0.15, 0.2) is 18.2 Å². The number of rotatable bonds is 4. The molecule has 1 atom stereocenters. The largest absolute Gasteiger partial charge is 0.378 e. The van der Waals surface area contributed by atoms with Gasteiger partial charge in [-0.2, -0.15) is 0 Å². The van der Waals surface area contributed by atoms with E-state index in [9.17, 15) is 13.6 Å². The number of likely N-dealkylation sites (N-methyl/N-ethyl adjacent to an activating group) is 1. The lowest BCUT2D eigenvalue weighted by atomic mass is 10.1. The van der Waals surface area contributed by atoms with E-state index in [1.54, 1.807) is 6.92 Å². The van der Waals surface area contributed by atoms with Gasteiger partial charge in [-0.05, 0) is 19.1 Å². The molecule has 1 aliphatic heterocycles. The van der Waals surface area contributed by atoms with E-state index in [4.69, 9.17) is 4.74 Å². The Hall–Kier alpha value is -1.53. The van der Waals surface area contributed by atoms with Gasteiger partial charge < -0.3 is 15.0 Å². The normalized spacial score (nSPS) is 18.9. The predicted molar refractivity (Wildman–Crippen MR) is 70.1 cm³/mol. The van der Waals surface area contributed by atoms with E-state index in [0.717, 1.165) is 0 Å². The third kappa shape index (κ3) is 3.32. The monoisotopic (exact) mass is 284 g/mol. The first-order valence-corrected chi connectivity index (χ1v) is 6.66. The van der Waals surface area contributed by atoms with Crippen molar-refractivity contribution in [3.05, 3.63) is 35.4 Å². The molecule has 1 saturated heterocycles. The lowest BCUT2D eigenvalue weighted by Gasteiger charge is -2.29. The lowest BCUT2D eigenvalue weighted by Crippen LogP contribution is -2.52. The number of morpholine rings is 1. The Morgan fingerprint density at radius 2 is 2.15 bits per heavy atom. The first-order chi connectivity index (χ1) is 9.63. The molecule has 0 bridgehead atoms. The molecule has 1 aromatic rings. The molecule has 0 spiro atoms. The average molecular weight is 284 g/mol. The molecular formula is C14H18F2N2O2. The van der Waals surface area contributed by atoms with Crippen LogP contribution < -0.4 is 5.32 Å². The van der Waals surface area contributed by atoms with Crippen LogP contribution in [0.2, 0.25) is 0 Å². The molecule has 1 heterocycles. The van der Waals surface area contributed by atoms with Crippen molar-refractivity contribution >= 4 is 5.91 Å². The Kier molecular flexibility index (Phi) is 5.03. The summed E-state index contributed by atoms with van der Waals surface area (Å²) >= 11 is 0. The van der Waals surface area contributed by atoms with Crippen LogP contribution in [-0.4, -0.2) is 43.2 Å². The van der Waals surface area contributed by atoms with Crippen molar-refractivity contribution in [1.29, 1.82) is 0 Å². The third-order valence-electron chi connectivity index (χ3n) is 3.32. The molecule has 20 heavy (non-hydrogen) atoms. The summed E-state index contributed by atoms with van der Waals surface area (Å²) in [4.78, 5) is 13.7. The van der Waals surface area contributed by atoms with Crippen molar-refractivity contribution in [3.63, 3.8) is 0 Å². The Bertz CT molecular complexity index is 456. The van der Waals surface area contributed by atoms with Crippen molar-refractivity contribution in [2.75, 3.05) is 26.3 Å². The summed E-state index contributed by atoms with van der Waals surface area (Å²) in [7, 11) is 0. The number of carbonyl (C=O) groups is 1. The molecule has 1 aromatic carbocycles. The molecule has 110 valence electrons. The van der Waals surface area contributed by atoms with Crippen molar-refractivity contribution < 1.29 is 18.3 Å². The topological polar surface area (TPSA) is 41.6 Å². The number of benzene rings is 1. The summed E-state index contributed by atoms with van der Waals surface area (Å²) in [5, 5.41) is 3.04. The maximum absolute atomic E-state index is 13.6. The van der Waals surface area contributed by atoms with Gasteiger partial charge in [0.05, 0.1) is 19.8 Å². The Morgan fingerprint density at radius 3 is 2.70 bits per heavy atom. The Balaban J connectivity index is 2.10. The Morgan fingerprint density at radius 1 is 1.45 bits per heavy atom. The number of amides is 1. The molecule has 1 aliphatic rings. The fourth-order valence-electron chi connectivity index (χ4n) is 2.16. The first-order valence-electron chi connectivity index (χ1n) is 6.66. The first kappa shape index (κ1) is 14.9. The molecule has 1 fully saturated rings. The number of carbonyl (C=O) groups excluding carboxylic acids is 1. The van der Waals surface area contributed by atoms with Gasteiger partial charge in [-0.15, -0.1) is 0 Å². The number of ether oxygens (including phenoxy) is 1. The van der Waals surface area contributed by atoms with Gasteiger partial charge in [-0.25, -0.2) is 8.78 Å². The second kappa shape index (κ2) is 6.76. The van der Waals surface area contributed by atoms with Crippen molar-refractivity contribution in [2.45, 2.75) is 19.5 Å². The van der Waals surface area contributed by atoms with Crippen molar-refractivity contribution in [2.24, 2.45) is 0 Å². The van der Waals surface area contributed by atoms with Gasteiger partial charge in [-0.1, -0.05) is 6.07 Å². The molecule has 4 nitrogen and oxygen atoms in total. The smallest absolute Gasteiger partial charge is 0.242 e. The molecule has 0 radical (unpaired) electrons.